The van der Waals surface area contributed by atoms with Crippen molar-refractivity contribution in [1.82, 2.24) is 14.7 Å². The topological polar surface area (TPSA) is 38.1 Å². The first kappa shape index (κ1) is 14.8. The largest absolute Gasteiger partial charge is 0.334 e. The van der Waals surface area contributed by atoms with E-state index in [1.54, 1.807) is 4.68 Å². The molecule has 0 N–H and O–H groups in total. The summed E-state index contributed by atoms with van der Waals surface area (Å²) in [5.74, 6) is 0.124. The number of likely N-dealkylation sites (tertiary alicyclic amines) is 1. The second kappa shape index (κ2) is 6.34. The maximum Gasteiger partial charge on any atom is 0.272 e. The van der Waals surface area contributed by atoms with E-state index in [4.69, 9.17) is 0 Å². The third-order valence-corrected chi connectivity index (χ3v) is 4.47. The highest BCUT2D eigenvalue weighted by Crippen LogP contribution is 2.24. The van der Waals surface area contributed by atoms with Gasteiger partial charge in [0.05, 0.1) is 5.69 Å². The van der Waals surface area contributed by atoms with Crippen molar-refractivity contribution in [2.75, 3.05) is 6.54 Å². The quantitative estimate of drug-likeness (QED) is 0.870. The van der Waals surface area contributed by atoms with E-state index in [-0.39, 0.29) is 5.91 Å². The van der Waals surface area contributed by atoms with Crippen LogP contribution in [0, 0.1) is 6.92 Å². The lowest BCUT2D eigenvalue weighted by Gasteiger charge is -2.24. The molecule has 1 aliphatic heterocycles. The van der Waals surface area contributed by atoms with Crippen molar-refractivity contribution in [3.05, 3.63) is 53.3 Å². The summed E-state index contributed by atoms with van der Waals surface area (Å²) < 4.78 is 1.70. The fourth-order valence-electron chi connectivity index (χ4n) is 3.34. The van der Waals surface area contributed by atoms with Gasteiger partial charge in [0.25, 0.3) is 5.91 Å². The third kappa shape index (κ3) is 3.06. The zero-order valence-corrected chi connectivity index (χ0v) is 13.3. The molecule has 0 radical (unpaired) electrons. The number of carbonyl (C=O) groups excluding carboxylic acids is 1. The summed E-state index contributed by atoms with van der Waals surface area (Å²) in [6.45, 7) is 2.79. The van der Waals surface area contributed by atoms with Gasteiger partial charge < -0.3 is 4.90 Å². The van der Waals surface area contributed by atoms with Crippen LogP contribution in [0.4, 0.5) is 0 Å². The number of nitrogens with zero attached hydrogens (tertiary/aromatic N) is 3. The van der Waals surface area contributed by atoms with E-state index in [2.05, 4.69) is 29.4 Å². The number of amides is 1. The molecule has 1 saturated heterocycles. The Morgan fingerprint density at radius 3 is 2.77 bits per heavy atom. The zero-order valence-electron chi connectivity index (χ0n) is 13.3. The van der Waals surface area contributed by atoms with Crippen molar-refractivity contribution >= 4 is 5.91 Å². The molecule has 22 heavy (non-hydrogen) atoms. The van der Waals surface area contributed by atoms with E-state index in [9.17, 15) is 4.79 Å². The van der Waals surface area contributed by atoms with Crippen LogP contribution in [0.2, 0.25) is 0 Å². The SMILES string of the molecule is Cc1cc(C(=O)N2CCCC2CCc2ccccc2)n(C)n1. The van der Waals surface area contributed by atoms with Crippen LogP contribution in [-0.2, 0) is 13.5 Å². The van der Waals surface area contributed by atoms with Crippen molar-refractivity contribution in [3.8, 4) is 0 Å². The predicted octanol–water partition coefficient (Wildman–Crippen LogP) is 2.97. The first-order valence-corrected chi connectivity index (χ1v) is 8.00. The standard InChI is InChI=1S/C18H23N3O/c1-14-13-17(20(2)19-14)18(22)21-12-6-9-16(21)11-10-15-7-4-3-5-8-15/h3-5,7-8,13,16H,6,9-12H2,1-2H3. The summed E-state index contributed by atoms with van der Waals surface area (Å²) in [7, 11) is 1.84. The van der Waals surface area contributed by atoms with Crippen LogP contribution in [0.25, 0.3) is 0 Å². The van der Waals surface area contributed by atoms with Gasteiger partial charge in [-0.05, 0) is 44.2 Å². The number of carbonyl (C=O) groups is 1. The minimum Gasteiger partial charge on any atom is -0.334 e. The van der Waals surface area contributed by atoms with E-state index in [1.807, 2.05) is 31.0 Å². The zero-order chi connectivity index (χ0) is 15.5. The minimum atomic E-state index is 0.124. The fourth-order valence-corrected chi connectivity index (χ4v) is 3.34. The van der Waals surface area contributed by atoms with Crippen molar-refractivity contribution in [3.63, 3.8) is 0 Å². The molecule has 1 atom stereocenters. The lowest BCUT2D eigenvalue weighted by atomic mass is 10.0. The van der Waals surface area contributed by atoms with Crippen LogP contribution >= 0.6 is 0 Å². The summed E-state index contributed by atoms with van der Waals surface area (Å²) in [5, 5.41) is 4.29. The molecule has 0 saturated carbocycles. The van der Waals surface area contributed by atoms with Gasteiger partial charge in [0.1, 0.15) is 5.69 Å². The first-order chi connectivity index (χ1) is 10.6. The smallest absolute Gasteiger partial charge is 0.272 e. The number of aryl methyl sites for hydroxylation is 3. The Kier molecular flexibility index (Phi) is 4.27. The molecule has 0 spiro atoms. The molecule has 0 bridgehead atoms. The molecule has 4 nitrogen and oxygen atoms in total. The van der Waals surface area contributed by atoms with Gasteiger partial charge in [-0.1, -0.05) is 30.3 Å². The van der Waals surface area contributed by atoms with Crippen LogP contribution in [0.3, 0.4) is 0 Å². The van der Waals surface area contributed by atoms with Gasteiger partial charge >= 0.3 is 0 Å². The van der Waals surface area contributed by atoms with Gasteiger partial charge in [-0.3, -0.25) is 9.48 Å². The molecule has 1 aromatic heterocycles. The summed E-state index contributed by atoms with van der Waals surface area (Å²) in [4.78, 5) is 14.8. The maximum atomic E-state index is 12.8. The Balaban J connectivity index is 1.68. The molecule has 1 aliphatic rings. The van der Waals surface area contributed by atoms with Gasteiger partial charge in [0.2, 0.25) is 0 Å². The van der Waals surface area contributed by atoms with E-state index in [0.717, 1.165) is 37.9 Å². The molecule has 2 aromatic rings. The molecule has 0 aliphatic carbocycles. The first-order valence-electron chi connectivity index (χ1n) is 8.00. The summed E-state index contributed by atoms with van der Waals surface area (Å²) in [5.41, 5.74) is 2.94. The lowest BCUT2D eigenvalue weighted by molar-refractivity contribution is 0.0719. The van der Waals surface area contributed by atoms with E-state index in [0.29, 0.717) is 11.7 Å². The van der Waals surface area contributed by atoms with Crippen molar-refractivity contribution < 1.29 is 4.79 Å². The van der Waals surface area contributed by atoms with E-state index in [1.165, 1.54) is 5.56 Å². The minimum absolute atomic E-state index is 0.124. The van der Waals surface area contributed by atoms with Crippen LogP contribution in [0.15, 0.2) is 36.4 Å². The van der Waals surface area contributed by atoms with Crippen molar-refractivity contribution in [2.45, 2.75) is 38.6 Å². The molecule has 1 aromatic carbocycles. The van der Waals surface area contributed by atoms with Gasteiger partial charge in [0, 0.05) is 19.6 Å². The summed E-state index contributed by atoms with van der Waals surface area (Å²) >= 11 is 0. The van der Waals surface area contributed by atoms with Crippen molar-refractivity contribution in [2.24, 2.45) is 7.05 Å². The molecular formula is C18H23N3O. The highest BCUT2D eigenvalue weighted by molar-refractivity contribution is 5.93. The van der Waals surface area contributed by atoms with Gasteiger partial charge in [0.15, 0.2) is 0 Å². The Morgan fingerprint density at radius 1 is 1.32 bits per heavy atom. The lowest BCUT2D eigenvalue weighted by Crippen LogP contribution is -2.36. The van der Waals surface area contributed by atoms with Gasteiger partial charge in [-0.25, -0.2) is 0 Å². The third-order valence-electron chi connectivity index (χ3n) is 4.47. The van der Waals surface area contributed by atoms with Gasteiger partial charge in [-0.2, -0.15) is 5.10 Å². The Labute approximate surface area is 131 Å². The van der Waals surface area contributed by atoms with Crippen LogP contribution in [0.5, 0.6) is 0 Å². The number of benzene rings is 1. The molecule has 2 heterocycles. The molecule has 1 amide bonds. The van der Waals surface area contributed by atoms with Crippen molar-refractivity contribution in [1.29, 1.82) is 0 Å². The second-order valence-corrected chi connectivity index (χ2v) is 6.11. The highest BCUT2D eigenvalue weighted by atomic mass is 16.2. The van der Waals surface area contributed by atoms with Crippen LogP contribution in [0.1, 0.15) is 41.0 Å². The van der Waals surface area contributed by atoms with E-state index >= 15 is 0 Å². The molecule has 1 fully saturated rings. The monoisotopic (exact) mass is 297 g/mol. The molecule has 1 unspecified atom stereocenters. The number of aromatic nitrogens is 2. The Hall–Kier alpha value is -2.10. The Bertz CT molecular complexity index is 648. The summed E-state index contributed by atoms with van der Waals surface area (Å²) in [6, 6.07) is 12.7. The number of hydrogen-bond donors (Lipinski definition) is 0. The Morgan fingerprint density at radius 2 is 2.09 bits per heavy atom. The maximum absolute atomic E-state index is 12.8. The van der Waals surface area contributed by atoms with Crippen LogP contribution < -0.4 is 0 Å². The number of rotatable bonds is 4. The average Bonchev–Trinajstić information content (AvgIpc) is 3.11. The second-order valence-electron chi connectivity index (χ2n) is 6.11. The van der Waals surface area contributed by atoms with Crippen LogP contribution in [-0.4, -0.2) is 33.2 Å². The fraction of sp³-hybridized carbons (Fsp3) is 0.444. The normalized spacial score (nSPS) is 17.9. The predicted molar refractivity (Wildman–Crippen MR) is 86.8 cm³/mol. The van der Waals surface area contributed by atoms with E-state index < -0.39 is 0 Å². The highest BCUT2D eigenvalue weighted by Gasteiger charge is 2.30. The molecular weight excluding hydrogens is 274 g/mol. The molecule has 4 heteroatoms. The molecule has 116 valence electrons. The average molecular weight is 297 g/mol. The summed E-state index contributed by atoms with van der Waals surface area (Å²) in [6.07, 6.45) is 4.27. The van der Waals surface area contributed by atoms with Gasteiger partial charge in [-0.15, -0.1) is 0 Å². The number of hydrogen-bond acceptors (Lipinski definition) is 2. The molecule has 3 rings (SSSR count).